The highest BCUT2D eigenvalue weighted by atomic mass is 14.7. The lowest BCUT2D eigenvalue weighted by Crippen LogP contribution is -1.92. The molecule has 0 aliphatic heterocycles. The average Bonchev–Trinajstić information content (AvgIpc) is 3.07. The second-order valence-electron chi connectivity index (χ2n) is 6.50. The van der Waals surface area contributed by atoms with Crippen LogP contribution < -0.4 is 0 Å². The van der Waals surface area contributed by atoms with Gasteiger partial charge in [-0.05, 0) is 42.3 Å². The number of para-hydroxylation sites is 1. The second-order valence-corrected chi connectivity index (χ2v) is 6.50. The molecule has 0 unspecified atom stereocenters. The molecule has 0 atom stereocenters. The SMILES string of the molecule is Cc1c(-c2cccnc2)cc2c([nH]c3ccccc32)c1-c1cccnc1. The van der Waals surface area contributed by atoms with Gasteiger partial charge in [0, 0.05) is 57.8 Å². The van der Waals surface area contributed by atoms with E-state index in [-0.39, 0.29) is 0 Å². The predicted molar refractivity (Wildman–Crippen MR) is 107 cm³/mol. The molecule has 26 heavy (non-hydrogen) atoms. The highest BCUT2D eigenvalue weighted by Gasteiger charge is 2.17. The van der Waals surface area contributed by atoms with E-state index < -0.39 is 0 Å². The molecular formula is C23H17N3. The number of nitrogens with zero attached hydrogens (tertiary/aromatic N) is 2. The van der Waals surface area contributed by atoms with Crippen molar-refractivity contribution < 1.29 is 0 Å². The Morgan fingerprint density at radius 3 is 2.23 bits per heavy atom. The summed E-state index contributed by atoms with van der Waals surface area (Å²) >= 11 is 0. The molecule has 0 fully saturated rings. The van der Waals surface area contributed by atoms with E-state index >= 15 is 0 Å². The highest BCUT2D eigenvalue weighted by molar-refractivity contribution is 6.14. The summed E-state index contributed by atoms with van der Waals surface area (Å²) < 4.78 is 0. The minimum absolute atomic E-state index is 1.12. The molecule has 0 bridgehead atoms. The molecule has 0 aliphatic carbocycles. The van der Waals surface area contributed by atoms with Gasteiger partial charge in [-0.15, -0.1) is 0 Å². The molecule has 3 nitrogen and oxygen atoms in total. The fraction of sp³-hybridized carbons (Fsp3) is 0.0435. The Morgan fingerprint density at radius 2 is 1.50 bits per heavy atom. The number of fused-ring (bicyclic) bond motifs is 3. The lowest BCUT2D eigenvalue weighted by Gasteiger charge is -2.14. The molecule has 0 amide bonds. The number of aromatic nitrogens is 3. The Balaban J connectivity index is 1.96. The van der Waals surface area contributed by atoms with Crippen LogP contribution in [0.15, 0.2) is 79.4 Å². The van der Waals surface area contributed by atoms with E-state index in [1.807, 2.05) is 36.9 Å². The standard InChI is InChI=1S/C23H17N3/c1-15-19(16-6-4-10-24-13-16)12-20-18-8-2-3-9-21(18)26-23(20)22(15)17-7-5-11-25-14-17/h2-14,26H,1H3. The van der Waals surface area contributed by atoms with Gasteiger partial charge in [-0.1, -0.05) is 30.3 Å². The number of hydrogen-bond donors (Lipinski definition) is 1. The summed E-state index contributed by atoms with van der Waals surface area (Å²) in [5.41, 5.74) is 8.18. The van der Waals surface area contributed by atoms with Crippen molar-refractivity contribution in [3.05, 3.63) is 84.9 Å². The second kappa shape index (κ2) is 5.81. The number of nitrogens with one attached hydrogen (secondary N) is 1. The van der Waals surface area contributed by atoms with E-state index in [4.69, 9.17) is 0 Å². The van der Waals surface area contributed by atoms with Gasteiger partial charge in [-0.2, -0.15) is 0 Å². The van der Waals surface area contributed by atoms with E-state index in [1.165, 1.54) is 27.5 Å². The van der Waals surface area contributed by atoms with Gasteiger partial charge in [0.05, 0.1) is 5.52 Å². The van der Waals surface area contributed by atoms with Crippen LogP contribution in [0.2, 0.25) is 0 Å². The van der Waals surface area contributed by atoms with Crippen LogP contribution in [0, 0.1) is 6.92 Å². The zero-order valence-electron chi connectivity index (χ0n) is 14.4. The summed E-state index contributed by atoms with van der Waals surface area (Å²) in [6.45, 7) is 2.18. The van der Waals surface area contributed by atoms with Gasteiger partial charge in [0.1, 0.15) is 0 Å². The van der Waals surface area contributed by atoms with Gasteiger partial charge in [0.25, 0.3) is 0 Å². The third-order valence-electron chi connectivity index (χ3n) is 4.99. The summed E-state index contributed by atoms with van der Waals surface area (Å²) in [6, 6.07) is 18.9. The smallest absolute Gasteiger partial charge is 0.0548 e. The van der Waals surface area contributed by atoms with Crippen molar-refractivity contribution in [2.45, 2.75) is 6.92 Å². The normalized spacial score (nSPS) is 11.3. The number of hydrogen-bond acceptors (Lipinski definition) is 2. The summed E-state index contributed by atoms with van der Waals surface area (Å²) in [5, 5.41) is 2.46. The van der Waals surface area contributed by atoms with E-state index in [0.29, 0.717) is 0 Å². The van der Waals surface area contributed by atoms with Crippen molar-refractivity contribution in [1.29, 1.82) is 0 Å². The third-order valence-corrected chi connectivity index (χ3v) is 4.99. The monoisotopic (exact) mass is 335 g/mol. The zero-order chi connectivity index (χ0) is 17.5. The molecular weight excluding hydrogens is 318 g/mol. The van der Waals surface area contributed by atoms with E-state index in [2.05, 4.69) is 64.3 Å². The summed E-state index contributed by atoms with van der Waals surface area (Å²) in [7, 11) is 0. The lowest BCUT2D eigenvalue weighted by molar-refractivity contribution is 1.31. The van der Waals surface area contributed by atoms with Crippen molar-refractivity contribution in [2.75, 3.05) is 0 Å². The van der Waals surface area contributed by atoms with Crippen LogP contribution in [-0.4, -0.2) is 15.0 Å². The topological polar surface area (TPSA) is 41.6 Å². The molecule has 5 rings (SSSR count). The maximum atomic E-state index is 4.34. The predicted octanol–water partition coefficient (Wildman–Crippen LogP) is 5.75. The lowest BCUT2D eigenvalue weighted by atomic mass is 9.91. The van der Waals surface area contributed by atoms with Gasteiger partial charge in [-0.25, -0.2) is 0 Å². The first kappa shape index (κ1) is 14.8. The molecule has 1 N–H and O–H groups in total. The fourth-order valence-electron chi connectivity index (χ4n) is 3.78. The zero-order valence-corrected chi connectivity index (χ0v) is 14.4. The average molecular weight is 335 g/mol. The third kappa shape index (κ3) is 2.21. The molecule has 2 aromatic carbocycles. The van der Waals surface area contributed by atoms with Crippen LogP contribution in [0.3, 0.4) is 0 Å². The quantitative estimate of drug-likeness (QED) is 0.446. The summed E-state index contributed by atoms with van der Waals surface area (Å²) in [4.78, 5) is 12.3. The largest absolute Gasteiger partial charge is 0.354 e. The van der Waals surface area contributed by atoms with Crippen molar-refractivity contribution in [1.82, 2.24) is 15.0 Å². The molecule has 0 spiro atoms. The minimum Gasteiger partial charge on any atom is -0.354 e. The minimum atomic E-state index is 1.12. The van der Waals surface area contributed by atoms with Crippen molar-refractivity contribution in [3.63, 3.8) is 0 Å². The number of rotatable bonds is 2. The Kier molecular flexibility index (Phi) is 3.32. The van der Waals surface area contributed by atoms with Gasteiger partial charge < -0.3 is 4.98 Å². The molecule has 0 saturated heterocycles. The highest BCUT2D eigenvalue weighted by Crippen LogP contribution is 2.40. The van der Waals surface area contributed by atoms with Gasteiger partial charge >= 0.3 is 0 Å². The molecule has 0 saturated carbocycles. The fourth-order valence-corrected chi connectivity index (χ4v) is 3.78. The number of pyridine rings is 2. The molecule has 0 radical (unpaired) electrons. The van der Waals surface area contributed by atoms with Crippen LogP contribution in [0.4, 0.5) is 0 Å². The van der Waals surface area contributed by atoms with Crippen LogP contribution >= 0.6 is 0 Å². The molecule has 3 aromatic heterocycles. The molecule has 3 heteroatoms. The molecule has 5 aromatic rings. The van der Waals surface area contributed by atoms with Gasteiger partial charge in [0.15, 0.2) is 0 Å². The number of benzene rings is 2. The first-order chi connectivity index (χ1) is 12.8. The first-order valence-electron chi connectivity index (χ1n) is 8.68. The molecule has 124 valence electrons. The first-order valence-corrected chi connectivity index (χ1v) is 8.68. The number of aromatic amines is 1. The van der Waals surface area contributed by atoms with E-state index in [9.17, 15) is 0 Å². The van der Waals surface area contributed by atoms with Crippen molar-refractivity contribution >= 4 is 21.8 Å². The maximum absolute atomic E-state index is 4.34. The Hall–Kier alpha value is -3.46. The van der Waals surface area contributed by atoms with Crippen LogP contribution in [0.25, 0.3) is 44.1 Å². The van der Waals surface area contributed by atoms with E-state index in [0.717, 1.165) is 22.2 Å². The summed E-state index contributed by atoms with van der Waals surface area (Å²) in [6.07, 6.45) is 7.48. The Morgan fingerprint density at radius 1 is 0.769 bits per heavy atom. The Labute approximate surface area is 151 Å². The van der Waals surface area contributed by atoms with Crippen molar-refractivity contribution in [2.24, 2.45) is 0 Å². The number of H-pyrrole nitrogens is 1. The van der Waals surface area contributed by atoms with Gasteiger partial charge in [-0.3, -0.25) is 9.97 Å². The van der Waals surface area contributed by atoms with Crippen LogP contribution in [0.1, 0.15) is 5.56 Å². The van der Waals surface area contributed by atoms with Gasteiger partial charge in [0.2, 0.25) is 0 Å². The van der Waals surface area contributed by atoms with E-state index in [1.54, 1.807) is 0 Å². The summed E-state index contributed by atoms with van der Waals surface area (Å²) in [5.74, 6) is 0. The van der Waals surface area contributed by atoms with Crippen molar-refractivity contribution in [3.8, 4) is 22.3 Å². The van der Waals surface area contributed by atoms with Crippen LogP contribution in [-0.2, 0) is 0 Å². The van der Waals surface area contributed by atoms with Crippen LogP contribution in [0.5, 0.6) is 0 Å². The molecule has 0 aliphatic rings. The maximum Gasteiger partial charge on any atom is 0.0548 e. The Bertz CT molecular complexity index is 1220. The molecule has 3 heterocycles.